The van der Waals surface area contributed by atoms with Gasteiger partial charge in [-0.2, -0.15) is 0 Å². The summed E-state index contributed by atoms with van der Waals surface area (Å²) in [6.45, 7) is 0.190. The molecule has 0 spiro atoms. The Balaban J connectivity index is 2.55. The maximum absolute atomic E-state index is 13.2. The summed E-state index contributed by atoms with van der Waals surface area (Å²) in [5.41, 5.74) is 4.52. The van der Waals surface area contributed by atoms with Gasteiger partial charge in [0.05, 0.1) is 0 Å². The molecule has 0 aliphatic heterocycles. The summed E-state index contributed by atoms with van der Waals surface area (Å²) in [5, 5.41) is 11.7. The van der Waals surface area contributed by atoms with Gasteiger partial charge in [0, 0.05) is 13.0 Å². The number of hydrogen-bond donors (Lipinski definition) is 3. The molecule has 2 amide bonds. The van der Waals surface area contributed by atoms with E-state index in [-0.39, 0.29) is 13.0 Å². The van der Waals surface area contributed by atoms with Crippen molar-refractivity contribution in [2.75, 3.05) is 6.54 Å². The molecule has 1 rings (SSSR count). The van der Waals surface area contributed by atoms with Crippen molar-refractivity contribution in [3.8, 4) is 5.75 Å². The lowest BCUT2D eigenvalue weighted by atomic mass is 10.1. The summed E-state index contributed by atoms with van der Waals surface area (Å²) in [6, 6.07) is 3.61. The van der Waals surface area contributed by atoms with Gasteiger partial charge in [-0.15, -0.1) is 0 Å². The van der Waals surface area contributed by atoms with E-state index in [2.05, 4.69) is 5.32 Å². The Bertz CT molecular complexity index is 414. The Hall–Kier alpha value is -2.11. The number of amides is 2. The molecule has 0 radical (unpaired) electrons. The van der Waals surface area contributed by atoms with Crippen LogP contribution >= 0.6 is 0 Å². The lowest BCUT2D eigenvalue weighted by Crippen LogP contribution is -2.26. The van der Waals surface area contributed by atoms with Crippen LogP contribution < -0.4 is 11.1 Å². The minimum Gasteiger partial charge on any atom is -0.507 e. The Labute approximate surface area is 97.4 Å². The molecule has 1 aromatic rings. The van der Waals surface area contributed by atoms with Crippen LogP contribution in [-0.4, -0.2) is 23.5 Å². The van der Waals surface area contributed by atoms with Crippen molar-refractivity contribution in [3.63, 3.8) is 0 Å². The van der Waals surface area contributed by atoms with Gasteiger partial charge in [-0.25, -0.2) is 4.39 Å². The first kappa shape index (κ1) is 13.0. The highest BCUT2D eigenvalue weighted by Crippen LogP contribution is 2.19. The van der Waals surface area contributed by atoms with Crippen LogP contribution in [0.25, 0.3) is 0 Å². The number of hydrogen-bond acceptors (Lipinski definition) is 3. The second kappa shape index (κ2) is 5.83. The van der Waals surface area contributed by atoms with Crippen LogP contribution in [0.1, 0.15) is 23.2 Å². The van der Waals surface area contributed by atoms with Crippen LogP contribution in [0, 0.1) is 5.82 Å². The largest absolute Gasteiger partial charge is 0.507 e. The predicted molar refractivity (Wildman–Crippen MR) is 58.8 cm³/mol. The summed E-state index contributed by atoms with van der Waals surface area (Å²) in [4.78, 5) is 21.9. The Morgan fingerprint density at radius 1 is 1.41 bits per heavy atom. The standard InChI is InChI=1S/C11H13FN2O3/c12-7-3-1-4-8(15)10(7)11(17)14-6-2-5-9(13)16/h1,3-4,15H,2,5-6H2,(H2,13,16)(H,14,17). The number of carbonyl (C=O) groups excluding carboxylic acids is 2. The highest BCUT2D eigenvalue weighted by atomic mass is 19.1. The van der Waals surface area contributed by atoms with E-state index in [1.54, 1.807) is 0 Å². The molecular formula is C11H13FN2O3. The van der Waals surface area contributed by atoms with Crippen molar-refractivity contribution < 1.29 is 19.1 Å². The van der Waals surface area contributed by atoms with Gasteiger partial charge in [0.2, 0.25) is 5.91 Å². The molecule has 0 aromatic heterocycles. The van der Waals surface area contributed by atoms with E-state index < -0.39 is 28.9 Å². The third kappa shape index (κ3) is 3.75. The van der Waals surface area contributed by atoms with Gasteiger partial charge in [0.1, 0.15) is 17.1 Å². The monoisotopic (exact) mass is 240 g/mol. The zero-order valence-electron chi connectivity index (χ0n) is 9.07. The minimum absolute atomic E-state index is 0.142. The SMILES string of the molecule is NC(=O)CCCNC(=O)c1c(O)cccc1F. The number of primary amides is 1. The summed E-state index contributed by atoms with van der Waals surface area (Å²) in [7, 11) is 0. The summed E-state index contributed by atoms with van der Waals surface area (Å²) < 4.78 is 13.2. The molecule has 0 heterocycles. The molecule has 0 atom stereocenters. The van der Waals surface area contributed by atoms with Gasteiger partial charge in [0.15, 0.2) is 0 Å². The van der Waals surface area contributed by atoms with Crippen LogP contribution in [0.4, 0.5) is 4.39 Å². The van der Waals surface area contributed by atoms with Crippen molar-refractivity contribution in [1.82, 2.24) is 5.32 Å². The zero-order valence-corrected chi connectivity index (χ0v) is 9.07. The van der Waals surface area contributed by atoms with Crippen LogP contribution in [0.3, 0.4) is 0 Å². The number of rotatable bonds is 5. The number of carbonyl (C=O) groups is 2. The van der Waals surface area contributed by atoms with Gasteiger partial charge in [0.25, 0.3) is 5.91 Å². The normalized spacial score (nSPS) is 9.94. The topological polar surface area (TPSA) is 92.4 Å². The molecule has 17 heavy (non-hydrogen) atoms. The second-order valence-electron chi connectivity index (χ2n) is 3.46. The third-order valence-corrected chi connectivity index (χ3v) is 2.10. The van der Waals surface area contributed by atoms with E-state index in [0.717, 1.165) is 6.07 Å². The molecule has 0 saturated carbocycles. The van der Waals surface area contributed by atoms with E-state index in [4.69, 9.17) is 5.73 Å². The van der Waals surface area contributed by atoms with Crippen LogP contribution in [0.5, 0.6) is 5.75 Å². The van der Waals surface area contributed by atoms with Crippen LogP contribution in [0.15, 0.2) is 18.2 Å². The van der Waals surface area contributed by atoms with E-state index in [1.807, 2.05) is 0 Å². The Kier molecular flexibility index (Phi) is 4.45. The quantitative estimate of drug-likeness (QED) is 0.655. The number of phenols is 1. The molecule has 6 heteroatoms. The van der Waals surface area contributed by atoms with Gasteiger partial charge in [-0.3, -0.25) is 9.59 Å². The average Bonchev–Trinajstić information content (AvgIpc) is 2.24. The Morgan fingerprint density at radius 2 is 2.12 bits per heavy atom. The molecule has 0 fully saturated rings. The maximum Gasteiger partial charge on any atom is 0.258 e. The van der Waals surface area contributed by atoms with Crippen LogP contribution in [0.2, 0.25) is 0 Å². The van der Waals surface area contributed by atoms with Gasteiger partial charge in [-0.1, -0.05) is 6.07 Å². The van der Waals surface area contributed by atoms with Crippen LogP contribution in [-0.2, 0) is 4.79 Å². The van der Waals surface area contributed by atoms with Crippen molar-refractivity contribution in [2.45, 2.75) is 12.8 Å². The molecule has 0 aliphatic carbocycles. The second-order valence-corrected chi connectivity index (χ2v) is 3.46. The number of nitrogens with one attached hydrogen (secondary N) is 1. The first-order valence-corrected chi connectivity index (χ1v) is 5.06. The lowest BCUT2D eigenvalue weighted by Gasteiger charge is -2.06. The average molecular weight is 240 g/mol. The molecule has 92 valence electrons. The zero-order chi connectivity index (χ0) is 12.8. The number of benzene rings is 1. The van der Waals surface area contributed by atoms with Crippen molar-refractivity contribution >= 4 is 11.8 Å². The predicted octanol–water partition coefficient (Wildman–Crippen LogP) is 0.527. The van der Waals surface area contributed by atoms with Gasteiger partial charge in [-0.05, 0) is 18.6 Å². The first-order valence-electron chi connectivity index (χ1n) is 5.06. The van der Waals surface area contributed by atoms with E-state index in [1.165, 1.54) is 12.1 Å². The molecule has 1 aromatic carbocycles. The summed E-state index contributed by atoms with van der Waals surface area (Å²) in [5.74, 6) is -2.40. The van der Waals surface area contributed by atoms with Gasteiger partial charge >= 0.3 is 0 Å². The van der Waals surface area contributed by atoms with Crippen molar-refractivity contribution in [2.24, 2.45) is 5.73 Å². The molecule has 5 nitrogen and oxygen atoms in total. The van der Waals surface area contributed by atoms with E-state index in [0.29, 0.717) is 6.42 Å². The van der Waals surface area contributed by atoms with E-state index >= 15 is 0 Å². The molecular weight excluding hydrogens is 227 g/mol. The van der Waals surface area contributed by atoms with Crippen molar-refractivity contribution in [3.05, 3.63) is 29.6 Å². The van der Waals surface area contributed by atoms with Crippen molar-refractivity contribution in [1.29, 1.82) is 0 Å². The fourth-order valence-electron chi connectivity index (χ4n) is 1.29. The maximum atomic E-state index is 13.2. The third-order valence-electron chi connectivity index (χ3n) is 2.10. The summed E-state index contributed by atoms with van der Waals surface area (Å²) >= 11 is 0. The molecule has 0 aliphatic rings. The highest BCUT2D eigenvalue weighted by molar-refractivity contribution is 5.97. The first-order chi connectivity index (χ1) is 8.02. The van der Waals surface area contributed by atoms with Gasteiger partial charge < -0.3 is 16.2 Å². The number of aromatic hydroxyl groups is 1. The van der Waals surface area contributed by atoms with E-state index in [9.17, 15) is 19.1 Å². The fourth-order valence-corrected chi connectivity index (χ4v) is 1.29. The Morgan fingerprint density at radius 3 is 2.71 bits per heavy atom. The smallest absolute Gasteiger partial charge is 0.258 e. The molecule has 0 bridgehead atoms. The number of nitrogens with two attached hydrogens (primary N) is 1. The molecule has 0 saturated heterocycles. The minimum atomic E-state index is -0.794. The fraction of sp³-hybridized carbons (Fsp3) is 0.273. The number of halogens is 1. The number of phenolic OH excluding ortho intramolecular Hbond substituents is 1. The molecule has 4 N–H and O–H groups in total. The highest BCUT2D eigenvalue weighted by Gasteiger charge is 2.15. The molecule has 0 unspecified atom stereocenters. The summed E-state index contributed by atoms with van der Waals surface area (Å²) in [6.07, 6.45) is 0.514. The lowest BCUT2D eigenvalue weighted by molar-refractivity contribution is -0.118.